The molecule has 5 heteroatoms. The van der Waals surface area contributed by atoms with Crippen LogP contribution >= 0.6 is 11.3 Å². The number of fused-ring (bicyclic) bond motifs is 7. The molecule has 1 aliphatic rings. The molecular formula is C35H20N4S. The Morgan fingerprint density at radius 2 is 1.40 bits per heavy atom. The topological polar surface area (TPSA) is 41.9 Å². The monoisotopic (exact) mass is 528 g/mol. The van der Waals surface area contributed by atoms with Gasteiger partial charge in [-0.2, -0.15) is 0 Å². The van der Waals surface area contributed by atoms with Crippen LogP contribution in [-0.2, 0) is 0 Å². The van der Waals surface area contributed by atoms with Crippen LogP contribution in [0.25, 0.3) is 64.4 Å². The largest absolute Gasteiger partial charge is 0.278 e. The molecule has 1 aliphatic heterocycles. The van der Waals surface area contributed by atoms with Crippen LogP contribution in [0.3, 0.4) is 0 Å². The molecule has 4 heterocycles. The molecule has 186 valence electrons. The van der Waals surface area contributed by atoms with Crippen LogP contribution in [0.5, 0.6) is 0 Å². The molecule has 5 aromatic carbocycles. The Morgan fingerprint density at radius 3 is 2.30 bits per heavy atom. The number of hydrogen-bond acceptors (Lipinski definition) is 5. The van der Waals surface area contributed by atoms with Crippen molar-refractivity contribution < 1.29 is 0 Å². The highest BCUT2D eigenvalue weighted by atomic mass is 32.1. The summed E-state index contributed by atoms with van der Waals surface area (Å²) in [6, 6.07) is 40.6. The third-order valence-corrected chi connectivity index (χ3v) is 9.02. The Kier molecular flexibility index (Phi) is 4.45. The van der Waals surface area contributed by atoms with Gasteiger partial charge in [-0.05, 0) is 52.1 Å². The molecule has 4 nitrogen and oxygen atoms in total. The van der Waals surface area contributed by atoms with Crippen molar-refractivity contribution in [3.8, 4) is 22.5 Å². The number of anilines is 3. The number of benzene rings is 5. The first-order valence-corrected chi connectivity index (χ1v) is 14.1. The molecule has 40 heavy (non-hydrogen) atoms. The maximum atomic E-state index is 5.31. The minimum atomic E-state index is 0.648. The van der Waals surface area contributed by atoms with Crippen molar-refractivity contribution in [1.82, 2.24) is 15.0 Å². The average molecular weight is 529 g/mol. The van der Waals surface area contributed by atoms with E-state index >= 15 is 0 Å². The van der Waals surface area contributed by atoms with Gasteiger partial charge in [0.2, 0.25) is 5.95 Å². The minimum absolute atomic E-state index is 0.648. The van der Waals surface area contributed by atoms with Crippen LogP contribution in [0.4, 0.5) is 17.3 Å². The Balaban J connectivity index is 1.44. The van der Waals surface area contributed by atoms with E-state index in [1.807, 2.05) is 24.4 Å². The summed E-state index contributed by atoms with van der Waals surface area (Å²) in [6.45, 7) is 0. The third kappa shape index (κ3) is 2.98. The maximum absolute atomic E-state index is 5.31. The first-order valence-electron chi connectivity index (χ1n) is 13.3. The van der Waals surface area contributed by atoms with Crippen molar-refractivity contribution in [2.24, 2.45) is 0 Å². The smallest absolute Gasteiger partial charge is 0.235 e. The molecular weight excluding hydrogens is 508 g/mol. The van der Waals surface area contributed by atoms with Gasteiger partial charge < -0.3 is 0 Å². The summed E-state index contributed by atoms with van der Waals surface area (Å²) in [5.41, 5.74) is 7.27. The Labute approximate surface area is 233 Å². The van der Waals surface area contributed by atoms with Gasteiger partial charge in [0.25, 0.3) is 0 Å². The summed E-state index contributed by atoms with van der Waals surface area (Å²) >= 11 is 1.73. The van der Waals surface area contributed by atoms with Gasteiger partial charge in [0, 0.05) is 27.2 Å². The van der Waals surface area contributed by atoms with Crippen molar-refractivity contribution >= 4 is 70.5 Å². The zero-order chi connectivity index (χ0) is 26.2. The van der Waals surface area contributed by atoms with Gasteiger partial charge in [-0.3, -0.25) is 9.88 Å². The SMILES string of the molecule is c1ccc(-c2nc(N3c4ccc5ccccc5c4-c4cccc5cccc3c45)nc3c2sc2ccccc23)nc1. The van der Waals surface area contributed by atoms with Crippen LogP contribution in [0.1, 0.15) is 0 Å². The lowest BCUT2D eigenvalue weighted by atomic mass is 9.88. The summed E-state index contributed by atoms with van der Waals surface area (Å²) in [6.07, 6.45) is 1.83. The third-order valence-electron chi connectivity index (χ3n) is 7.86. The quantitative estimate of drug-likeness (QED) is 0.224. The molecule has 0 unspecified atom stereocenters. The molecule has 0 aliphatic carbocycles. The standard InChI is InChI=1S/C35H20N4S/c1-2-12-23-21(9-1)18-19-28-31(23)25-14-7-10-22-11-8-16-27(30(22)25)39(28)35-37-32-24-13-3-4-17-29(24)40-34(32)33(38-35)26-15-5-6-20-36-26/h1-20H. The predicted octanol–water partition coefficient (Wildman–Crippen LogP) is 9.66. The molecule has 9 rings (SSSR count). The molecule has 3 aromatic heterocycles. The van der Waals surface area contributed by atoms with Crippen LogP contribution < -0.4 is 4.90 Å². The molecule has 8 aromatic rings. The van der Waals surface area contributed by atoms with E-state index in [0.29, 0.717) is 5.95 Å². The highest BCUT2D eigenvalue weighted by Crippen LogP contribution is 2.53. The summed E-state index contributed by atoms with van der Waals surface area (Å²) in [5, 5.41) is 5.99. The molecule has 0 spiro atoms. The second-order valence-electron chi connectivity index (χ2n) is 10.1. The Hall–Kier alpha value is -5.13. The Morgan fingerprint density at radius 1 is 0.600 bits per heavy atom. The fraction of sp³-hybridized carbons (Fsp3) is 0. The zero-order valence-electron chi connectivity index (χ0n) is 21.2. The molecule has 0 saturated heterocycles. The van der Waals surface area contributed by atoms with Gasteiger partial charge >= 0.3 is 0 Å². The summed E-state index contributed by atoms with van der Waals surface area (Å²) in [7, 11) is 0. The van der Waals surface area contributed by atoms with Crippen molar-refractivity contribution in [2.75, 3.05) is 4.90 Å². The predicted molar refractivity (Wildman–Crippen MR) is 167 cm³/mol. The molecule has 0 amide bonds. The lowest BCUT2D eigenvalue weighted by Gasteiger charge is -2.32. The molecule has 0 fully saturated rings. The molecule has 0 saturated carbocycles. The van der Waals surface area contributed by atoms with E-state index in [4.69, 9.17) is 15.0 Å². The van der Waals surface area contributed by atoms with Crippen LogP contribution in [0.2, 0.25) is 0 Å². The van der Waals surface area contributed by atoms with E-state index in [2.05, 4.69) is 102 Å². The number of thiophene rings is 1. The second kappa shape index (κ2) is 8.18. The average Bonchev–Trinajstić information content (AvgIpc) is 3.40. The maximum Gasteiger partial charge on any atom is 0.235 e. The van der Waals surface area contributed by atoms with Crippen molar-refractivity contribution in [3.63, 3.8) is 0 Å². The van der Waals surface area contributed by atoms with E-state index in [0.717, 1.165) is 38.4 Å². The van der Waals surface area contributed by atoms with Crippen LogP contribution in [0, 0.1) is 0 Å². The molecule has 0 N–H and O–H groups in total. The highest BCUT2D eigenvalue weighted by molar-refractivity contribution is 7.26. The van der Waals surface area contributed by atoms with Gasteiger partial charge in [-0.25, -0.2) is 9.97 Å². The van der Waals surface area contributed by atoms with E-state index in [-0.39, 0.29) is 0 Å². The second-order valence-corrected chi connectivity index (χ2v) is 11.1. The van der Waals surface area contributed by atoms with Gasteiger partial charge in [0.05, 0.1) is 27.3 Å². The zero-order valence-corrected chi connectivity index (χ0v) is 22.1. The Bertz CT molecular complexity index is 2280. The van der Waals surface area contributed by atoms with E-state index < -0.39 is 0 Å². The summed E-state index contributed by atoms with van der Waals surface area (Å²) < 4.78 is 2.25. The van der Waals surface area contributed by atoms with Gasteiger partial charge in [-0.15, -0.1) is 11.3 Å². The van der Waals surface area contributed by atoms with Crippen LogP contribution in [-0.4, -0.2) is 15.0 Å². The van der Waals surface area contributed by atoms with E-state index in [9.17, 15) is 0 Å². The van der Waals surface area contributed by atoms with Crippen molar-refractivity contribution in [3.05, 3.63) is 121 Å². The van der Waals surface area contributed by atoms with Gasteiger partial charge in [-0.1, -0.05) is 84.9 Å². The molecule has 0 atom stereocenters. The first kappa shape index (κ1) is 21.8. The normalized spacial score (nSPS) is 12.4. The first-order chi connectivity index (χ1) is 19.8. The van der Waals surface area contributed by atoms with Gasteiger partial charge in [0.15, 0.2) is 0 Å². The fourth-order valence-electron chi connectivity index (χ4n) is 6.15. The van der Waals surface area contributed by atoms with Crippen molar-refractivity contribution in [1.29, 1.82) is 0 Å². The van der Waals surface area contributed by atoms with Crippen molar-refractivity contribution in [2.45, 2.75) is 0 Å². The number of pyridine rings is 1. The summed E-state index contributed by atoms with van der Waals surface area (Å²) in [5.74, 6) is 0.648. The van der Waals surface area contributed by atoms with Gasteiger partial charge in [0.1, 0.15) is 5.69 Å². The highest BCUT2D eigenvalue weighted by Gasteiger charge is 2.30. The lowest BCUT2D eigenvalue weighted by molar-refractivity contribution is 1.11. The van der Waals surface area contributed by atoms with E-state index in [1.165, 1.54) is 37.4 Å². The molecule has 0 bridgehead atoms. The number of aromatic nitrogens is 3. The summed E-state index contributed by atoms with van der Waals surface area (Å²) in [4.78, 5) is 17.6. The van der Waals surface area contributed by atoms with Crippen LogP contribution in [0.15, 0.2) is 121 Å². The number of hydrogen-bond donors (Lipinski definition) is 0. The molecule has 0 radical (unpaired) electrons. The number of nitrogens with zero attached hydrogens (tertiary/aromatic N) is 4. The minimum Gasteiger partial charge on any atom is -0.278 e. The lowest BCUT2D eigenvalue weighted by Crippen LogP contribution is -2.18. The number of rotatable bonds is 2. The fourth-order valence-corrected chi connectivity index (χ4v) is 7.29. The van der Waals surface area contributed by atoms with E-state index in [1.54, 1.807) is 11.3 Å².